The van der Waals surface area contributed by atoms with Crippen LogP contribution in [0.15, 0.2) is 24.3 Å². The van der Waals surface area contributed by atoms with E-state index in [0.29, 0.717) is 23.6 Å². The maximum absolute atomic E-state index is 11.5. The fraction of sp³-hybridized carbons (Fsp3) is 0.562. The van der Waals surface area contributed by atoms with Crippen molar-refractivity contribution in [1.82, 2.24) is 0 Å². The first kappa shape index (κ1) is 14.9. The van der Waals surface area contributed by atoms with Crippen LogP contribution in [0.2, 0.25) is 0 Å². The number of nitrogens with one attached hydrogen (secondary N) is 1. The van der Waals surface area contributed by atoms with Crippen LogP contribution in [0.25, 0.3) is 0 Å². The minimum absolute atomic E-state index is 0.305. The molecule has 0 spiro atoms. The second-order valence-electron chi connectivity index (χ2n) is 5.59. The molecule has 0 saturated carbocycles. The van der Waals surface area contributed by atoms with Crippen LogP contribution in [0, 0.1) is 5.92 Å². The van der Waals surface area contributed by atoms with E-state index in [4.69, 9.17) is 9.47 Å². The molecule has 110 valence electrons. The molecule has 1 aliphatic heterocycles. The predicted molar refractivity (Wildman–Crippen MR) is 79.0 cm³/mol. The number of methoxy groups -OCH3 is 1. The summed E-state index contributed by atoms with van der Waals surface area (Å²) in [7, 11) is 1.40. The third-order valence-electron chi connectivity index (χ3n) is 3.71. The Balaban J connectivity index is 2.01. The molecule has 2 rings (SSSR count). The van der Waals surface area contributed by atoms with Crippen LogP contribution < -0.4 is 5.32 Å². The number of hydrogen-bond donors (Lipinski definition) is 1. The van der Waals surface area contributed by atoms with Crippen LogP contribution in [0.3, 0.4) is 0 Å². The Bertz CT molecular complexity index is 459. The monoisotopic (exact) mass is 277 g/mol. The Labute approximate surface area is 120 Å². The molecule has 1 saturated heterocycles. The van der Waals surface area contributed by atoms with Gasteiger partial charge in [0.05, 0.1) is 18.8 Å². The van der Waals surface area contributed by atoms with Crippen molar-refractivity contribution >= 4 is 11.7 Å². The van der Waals surface area contributed by atoms with Gasteiger partial charge >= 0.3 is 5.97 Å². The van der Waals surface area contributed by atoms with Crippen molar-refractivity contribution in [3.63, 3.8) is 0 Å². The van der Waals surface area contributed by atoms with Gasteiger partial charge in [-0.25, -0.2) is 4.79 Å². The van der Waals surface area contributed by atoms with Gasteiger partial charge in [-0.05, 0) is 37.0 Å². The predicted octanol–water partition coefficient (Wildman–Crippen LogP) is 3.09. The first-order valence-corrected chi connectivity index (χ1v) is 7.16. The maximum Gasteiger partial charge on any atom is 0.337 e. The molecule has 4 nitrogen and oxygen atoms in total. The van der Waals surface area contributed by atoms with Crippen LogP contribution in [-0.2, 0) is 9.47 Å². The molecule has 0 bridgehead atoms. The first-order chi connectivity index (χ1) is 9.60. The molecule has 0 aromatic heterocycles. The summed E-state index contributed by atoms with van der Waals surface area (Å²) in [6.45, 7) is 5.16. The van der Waals surface area contributed by atoms with Crippen molar-refractivity contribution in [2.75, 3.05) is 19.0 Å². The van der Waals surface area contributed by atoms with E-state index < -0.39 is 0 Å². The maximum atomic E-state index is 11.5. The first-order valence-electron chi connectivity index (χ1n) is 7.16. The van der Waals surface area contributed by atoms with Crippen molar-refractivity contribution in [3.8, 4) is 0 Å². The molecule has 1 heterocycles. The van der Waals surface area contributed by atoms with E-state index in [1.807, 2.05) is 18.2 Å². The molecule has 20 heavy (non-hydrogen) atoms. The van der Waals surface area contributed by atoms with Gasteiger partial charge in [0.25, 0.3) is 0 Å². The van der Waals surface area contributed by atoms with Gasteiger partial charge in [0, 0.05) is 18.3 Å². The van der Waals surface area contributed by atoms with Crippen molar-refractivity contribution < 1.29 is 14.3 Å². The average Bonchev–Trinajstić information content (AvgIpc) is 2.47. The lowest BCUT2D eigenvalue weighted by Crippen LogP contribution is -2.36. The van der Waals surface area contributed by atoms with Crippen LogP contribution in [0.1, 0.15) is 37.0 Å². The van der Waals surface area contributed by atoms with Crippen molar-refractivity contribution in [3.05, 3.63) is 29.8 Å². The van der Waals surface area contributed by atoms with E-state index in [0.717, 1.165) is 25.1 Å². The Hall–Kier alpha value is -1.55. The quantitative estimate of drug-likeness (QED) is 0.859. The molecule has 1 aromatic carbocycles. The highest BCUT2D eigenvalue weighted by Gasteiger charge is 2.24. The summed E-state index contributed by atoms with van der Waals surface area (Å²) in [6, 6.07) is 7.84. The number of carbonyl (C=O) groups is 1. The zero-order chi connectivity index (χ0) is 14.5. The fourth-order valence-electron chi connectivity index (χ4n) is 2.51. The van der Waals surface area contributed by atoms with Gasteiger partial charge in [-0.15, -0.1) is 0 Å². The molecular weight excluding hydrogens is 254 g/mol. The molecule has 2 unspecified atom stereocenters. The highest BCUT2D eigenvalue weighted by Crippen LogP contribution is 2.23. The Morgan fingerprint density at radius 1 is 1.45 bits per heavy atom. The molecule has 0 aliphatic carbocycles. The standard InChI is InChI=1S/C16H23NO3/c1-11(2)15-10-14(7-8-20-15)17-13-6-4-5-12(9-13)16(18)19-3/h4-6,9,11,14-15,17H,7-8,10H2,1-3H3. The van der Waals surface area contributed by atoms with E-state index in [2.05, 4.69) is 19.2 Å². The van der Waals surface area contributed by atoms with E-state index >= 15 is 0 Å². The summed E-state index contributed by atoms with van der Waals surface area (Å²) >= 11 is 0. The van der Waals surface area contributed by atoms with Gasteiger partial charge in [-0.3, -0.25) is 0 Å². The molecule has 0 radical (unpaired) electrons. The fourth-order valence-corrected chi connectivity index (χ4v) is 2.51. The largest absolute Gasteiger partial charge is 0.465 e. The number of anilines is 1. The van der Waals surface area contributed by atoms with Gasteiger partial charge in [0.2, 0.25) is 0 Å². The average molecular weight is 277 g/mol. The molecular formula is C16H23NO3. The zero-order valence-corrected chi connectivity index (χ0v) is 12.4. The van der Waals surface area contributed by atoms with Crippen LogP contribution in [0.4, 0.5) is 5.69 Å². The van der Waals surface area contributed by atoms with Crippen molar-refractivity contribution in [2.24, 2.45) is 5.92 Å². The SMILES string of the molecule is COC(=O)c1cccc(NC2CCOC(C(C)C)C2)c1. The summed E-state index contributed by atoms with van der Waals surface area (Å²) in [4.78, 5) is 11.5. The Morgan fingerprint density at radius 3 is 2.95 bits per heavy atom. The zero-order valence-electron chi connectivity index (χ0n) is 12.4. The van der Waals surface area contributed by atoms with Crippen molar-refractivity contribution in [1.29, 1.82) is 0 Å². The summed E-state index contributed by atoms with van der Waals surface area (Å²) in [5, 5.41) is 3.50. The number of carbonyl (C=O) groups excluding carboxylic acids is 1. The number of hydrogen-bond acceptors (Lipinski definition) is 4. The molecule has 1 N–H and O–H groups in total. The third-order valence-corrected chi connectivity index (χ3v) is 3.71. The normalized spacial score (nSPS) is 22.6. The minimum Gasteiger partial charge on any atom is -0.465 e. The van der Waals surface area contributed by atoms with E-state index in [9.17, 15) is 4.79 Å². The Morgan fingerprint density at radius 2 is 2.25 bits per heavy atom. The molecule has 1 aromatic rings. The topological polar surface area (TPSA) is 47.6 Å². The second-order valence-corrected chi connectivity index (χ2v) is 5.59. The highest BCUT2D eigenvalue weighted by atomic mass is 16.5. The molecule has 2 atom stereocenters. The van der Waals surface area contributed by atoms with Crippen LogP contribution >= 0.6 is 0 Å². The van der Waals surface area contributed by atoms with E-state index in [1.165, 1.54) is 7.11 Å². The minimum atomic E-state index is -0.305. The number of rotatable bonds is 4. The van der Waals surface area contributed by atoms with Gasteiger partial charge in [-0.1, -0.05) is 19.9 Å². The third kappa shape index (κ3) is 3.73. The lowest BCUT2D eigenvalue weighted by Gasteiger charge is -2.33. The van der Waals surface area contributed by atoms with E-state index in [1.54, 1.807) is 6.07 Å². The molecule has 4 heteroatoms. The summed E-state index contributed by atoms with van der Waals surface area (Å²) in [6.07, 6.45) is 2.30. The van der Waals surface area contributed by atoms with Gasteiger partial charge in [-0.2, -0.15) is 0 Å². The highest BCUT2D eigenvalue weighted by molar-refractivity contribution is 5.90. The van der Waals surface area contributed by atoms with Crippen LogP contribution in [0.5, 0.6) is 0 Å². The van der Waals surface area contributed by atoms with Crippen molar-refractivity contribution in [2.45, 2.75) is 38.8 Å². The summed E-state index contributed by atoms with van der Waals surface area (Å²) in [5.74, 6) is 0.224. The lowest BCUT2D eigenvalue weighted by molar-refractivity contribution is -0.0160. The van der Waals surface area contributed by atoms with Gasteiger partial charge in [0.15, 0.2) is 0 Å². The number of ether oxygens (including phenoxy) is 2. The van der Waals surface area contributed by atoms with Gasteiger partial charge in [0.1, 0.15) is 0 Å². The smallest absolute Gasteiger partial charge is 0.337 e. The lowest BCUT2D eigenvalue weighted by atomic mass is 9.95. The Kier molecular flexibility index (Phi) is 5.01. The number of benzene rings is 1. The summed E-state index contributed by atoms with van der Waals surface area (Å²) in [5.41, 5.74) is 1.53. The summed E-state index contributed by atoms with van der Waals surface area (Å²) < 4.78 is 10.5. The molecule has 1 aliphatic rings. The van der Waals surface area contributed by atoms with E-state index in [-0.39, 0.29) is 5.97 Å². The molecule has 0 amide bonds. The number of esters is 1. The van der Waals surface area contributed by atoms with Crippen LogP contribution in [-0.4, -0.2) is 31.8 Å². The van der Waals surface area contributed by atoms with Gasteiger partial charge < -0.3 is 14.8 Å². The second kappa shape index (κ2) is 6.75. The molecule has 1 fully saturated rings.